The van der Waals surface area contributed by atoms with Crippen LogP contribution < -0.4 is 10.6 Å². The molecule has 2 heterocycles. The lowest BCUT2D eigenvalue weighted by Gasteiger charge is -2.25. The SMILES string of the molecule is Cc1nc(NC2CCCCC2)nc(N[C@@H]2C[C@H](CO)[C@@H](O)[C@H]2O)c1-c1nc2ccccc2s1. The van der Waals surface area contributed by atoms with Gasteiger partial charge in [0.1, 0.15) is 16.9 Å². The monoisotopic (exact) mass is 469 g/mol. The minimum atomic E-state index is -0.990. The van der Waals surface area contributed by atoms with E-state index in [2.05, 4.69) is 10.6 Å². The van der Waals surface area contributed by atoms with Crippen molar-refractivity contribution >= 4 is 33.3 Å². The zero-order valence-corrected chi connectivity index (χ0v) is 19.6. The van der Waals surface area contributed by atoms with Gasteiger partial charge < -0.3 is 26.0 Å². The fourth-order valence-corrected chi connectivity index (χ4v) is 6.09. The lowest BCUT2D eigenvalue weighted by Crippen LogP contribution is -2.36. The number of aliphatic hydroxyl groups excluding tert-OH is 3. The van der Waals surface area contributed by atoms with Crippen LogP contribution in [0, 0.1) is 12.8 Å². The van der Waals surface area contributed by atoms with Crippen molar-refractivity contribution in [1.82, 2.24) is 15.0 Å². The first-order valence-electron chi connectivity index (χ1n) is 11.8. The maximum atomic E-state index is 10.6. The zero-order chi connectivity index (χ0) is 22.9. The molecule has 2 aromatic heterocycles. The molecular weight excluding hydrogens is 438 g/mol. The Bertz CT molecular complexity index is 1080. The van der Waals surface area contributed by atoms with Crippen molar-refractivity contribution in [2.75, 3.05) is 17.2 Å². The van der Waals surface area contributed by atoms with Crippen molar-refractivity contribution in [3.05, 3.63) is 30.0 Å². The molecule has 0 aliphatic heterocycles. The van der Waals surface area contributed by atoms with E-state index >= 15 is 0 Å². The molecule has 2 fully saturated rings. The summed E-state index contributed by atoms with van der Waals surface area (Å²) in [6.45, 7) is 1.79. The number of thiazole rings is 1. The Kier molecular flexibility index (Phi) is 6.47. The molecule has 33 heavy (non-hydrogen) atoms. The normalized spacial score (nSPS) is 26.1. The lowest BCUT2D eigenvalue weighted by atomic mass is 9.96. The van der Waals surface area contributed by atoms with E-state index in [1.54, 1.807) is 11.3 Å². The van der Waals surface area contributed by atoms with E-state index in [1.807, 2.05) is 31.2 Å². The van der Waals surface area contributed by atoms with E-state index in [9.17, 15) is 15.3 Å². The second-order valence-electron chi connectivity index (χ2n) is 9.23. The van der Waals surface area contributed by atoms with Crippen molar-refractivity contribution in [1.29, 1.82) is 0 Å². The summed E-state index contributed by atoms with van der Waals surface area (Å²) in [5.74, 6) is 0.791. The first-order chi connectivity index (χ1) is 16.0. The molecule has 4 atom stereocenters. The first-order valence-corrected chi connectivity index (χ1v) is 12.6. The number of anilines is 2. The lowest BCUT2D eigenvalue weighted by molar-refractivity contribution is 0.00446. The third kappa shape index (κ3) is 4.55. The molecule has 0 spiro atoms. The van der Waals surface area contributed by atoms with Crippen LogP contribution >= 0.6 is 11.3 Å². The minimum absolute atomic E-state index is 0.168. The van der Waals surface area contributed by atoms with Crippen molar-refractivity contribution in [2.24, 2.45) is 5.92 Å². The van der Waals surface area contributed by atoms with Gasteiger partial charge in [0.15, 0.2) is 0 Å². The number of hydrogen-bond acceptors (Lipinski definition) is 9. The second kappa shape index (κ2) is 9.50. The Labute approximate surface area is 197 Å². The van der Waals surface area contributed by atoms with Crippen LogP contribution in [-0.4, -0.2) is 61.2 Å². The number of hydrogen-bond donors (Lipinski definition) is 5. The third-order valence-corrected chi connectivity index (χ3v) is 7.95. The molecule has 0 radical (unpaired) electrons. The highest BCUT2D eigenvalue weighted by atomic mass is 32.1. The van der Waals surface area contributed by atoms with E-state index in [-0.39, 0.29) is 12.5 Å². The maximum Gasteiger partial charge on any atom is 0.225 e. The summed E-state index contributed by atoms with van der Waals surface area (Å²) in [6, 6.07) is 7.92. The van der Waals surface area contributed by atoms with Gasteiger partial charge in [0.2, 0.25) is 5.95 Å². The minimum Gasteiger partial charge on any atom is -0.396 e. The molecule has 2 aliphatic carbocycles. The average Bonchev–Trinajstić information content (AvgIpc) is 3.35. The number of para-hydroxylation sites is 1. The molecule has 9 heteroatoms. The van der Waals surface area contributed by atoms with E-state index in [4.69, 9.17) is 15.0 Å². The van der Waals surface area contributed by atoms with Crippen LogP contribution in [0.25, 0.3) is 20.8 Å². The largest absolute Gasteiger partial charge is 0.396 e. The summed E-state index contributed by atoms with van der Waals surface area (Å²) in [6.07, 6.45) is 4.40. The van der Waals surface area contributed by atoms with Gasteiger partial charge in [0, 0.05) is 18.6 Å². The van der Waals surface area contributed by atoms with Crippen LogP contribution in [0.1, 0.15) is 44.2 Å². The molecular formula is C24H31N5O3S. The van der Waals surface area contributed by atoms with Gasteiger partial charge in [-0.15, -0.1) is 11.3 Å². The molecule has 176 valence electrons. The predicted octanol–water partition coefficient (Wildman–Crippen LogP) is 3.32. The highest BCUT2D eigenvalue weighted by Gasteiger charge is 2.41. The molecule has 0 amide bonds. The first kappa shape index (κ1) is 22.5. The zero-order valence-electron chi connectivity index (χ0n) is 18.7. The third-order valence-electron chi connectivity index (χ3n) is 6.89. The van der Waals surface area contributed by atoms with Gasteiger partial charge in [0.25, 0.3) is 0 Å². The average molecular weight is 470 g/mol. The summed E-state index contributed by atoms with van der Waals surface area (Å²) < 4.78 is 1.08. The van der Waals surface area contributed by atoms with Crippen molar-refractivity contribution < 1.29 is 15.3 Å². The number of aromatic nitrogens is 3. The quantitative estimate of drug-likeness (QED) is 0.373. The number of aryl methyl sites for hydroxylation is 1. The number of rotatable bonds is 6. The number of nitrogens with one attached hydrogen (secondary N) is 2. The summed E-state index contributed by atoms with van der Waals surface area (Å²) in [5, 5.41) is 38.2. The Balaban J connectivity index is 1.52. The highest BCUT2D eigenvalue weighted by molar-refractivity contribution is 7.21. The Morgan fingerprint density at radius 1 is 1.00 bits per heavy atom. The molecule has 2 aliphatic rings. The summed E-state index contributed by atoms with van der Waals surface area (Å²) in [5.41, 5.74) is 2.53. The van der Waals surface area contributed by atoms with Crippen LogP contribution in [0.2, 0.25) is 0 Å². The molecule has 0 saturated heterocycles. The molecule has 8 nitrogen and oxygen atoms in total. The van der Waals surface area contributed by atoms with Gasteiger partial charge in [-0.2, -0.15) is 4.98 Å². The predicted molar refractivity (Wildman–Crippen MR) is 130 cm³/mol. The van der Waals surface area contributed by atoms with E-state index in [1.165, 1.54) is 19.3 Å². The van der Waals surface area contributed by atoms with Gasteiger partial charge in [-0.05, 0) is 38.3 Å². The standard InChI is InChI=1S/C24H31N5O3S/c1-13-19(23-28-16-9-5-6-10-18(16)33-23)22(27-17-11-14(12-30)20(31)21(17)32)29-24(25-13)26-15-7-3-2-4-8-15/h5-6,9-10,14-15,17,20-21,30-32H,2-4,7-8,11-12H2,1H3,(H2,25,26,27,29)/t14-,17-,20-,21+/m1/s1. The summed E-state index contributed by atoms with van der Waals surface area (Å²) >= 11 is 1.58. The van der Waals surface area contributed by atoms with Crippen LogP contribution in [-0.2, 0) is 0 Å². The number of aliphatic hydroxyl groups is 3. The molecule has 5 rings (SSSR count). The topological polar surface area (TPSA) is 123 Å². The fraction of sp³-hybridized carbons (Fsp3) is 0.542. The van der Waals surface area contributed by atoms with Gasteiger partial charge in [-0.1, -0.05) is 31.4 Å². The molecule has 5 N–H and O–H groups in total. The van der Waals surface area contributed by atoms with Gasteiger partial charge in [-0.25, -0.2) is 9.97 Å². The Morgan fingerprint density at radius 2 is 1.79 bits per heavy atom. The van der Waals surface area contributed by atoms with E-state index in [0.717, 1.165) is 39.3 Å². The van der Waals surface area contributed by atoms with E-state index < -0.39 is 18.2 Å². The summed E-state index contributed by atoms with van der Waals surface area (Å²) in [7, 11) is 0. The molecule has 3 aromatic rings. The Morgan fingerprint density at radius 3 is 2.52 bits per heavy atom. The van der Waals surface area contributed by atoms with Crippen LogP contribution in [0.3, 0.4) is 0 Å². The van der Waals surface area contributed by atoms with Gasteiger partial charge in [0.05, 0.1) is 33.6 Å². The van der Waals surface area contributed by atoms with E-state index in [0.29, 0.717) is 24.2 Å². The highest BCUT2D eigenvalue weighted by Crippen LogP contribution is 2.38. The van der Waals surface area contributed by atoms with Gasteiger partial charge in [-0.3, -0.25) is 0 Å². The number of benzene rings is 1. The molecule has 1 aromatic carbocycles. The van der Waals surface area contributed by atoms with Crippen molar-refractivity contribution in [2.45, 2.75) is 69.7 Å². The molecule has 2 saturated carbocycles. The van der Waals surface area contributed by atoms with Crippen LogP contribution in [0.5, 0.6) is 0 Å². The van der Waals surface area contributed by atoms with Gasteiger partial charge >= 0.3 is 0 Å². The number of fused-ring (bicyclic) bond motifs is 1. The Hall–Kier alpha value is -2.33. The van der Waals surface area contributed by atoms with Crippen LogP contribution in [0.15, 0.2) is 24.3 Å². The summed E-state index contributed by atoms with van der Waals surface area (Å²) in [4.78, 5) is 14.4. The molecule has 0 unspecified atom stereocenters. The van der Waals surface area contributed by atoms with Crippen molar-refractivity contribution in [3.8, 4) is 10.6 Å². The second-order valence-corrected chi connectivity index (χ2v) is 10.3. The number of nitrogens with zero attached hydrogens (tertiary/aromatic N) is 3. The fourth-order valence-electron chi connectivity index (χ4n) is 5.03. The smallest absolute Gasteiger partial charge is 0.225 e. The van der Waals surface area contributed by atoms with Crippen LogP contribution in [0.4, 0.5) is 11.8 Å². The molecule has 0 bridgehead atoms. The maximum absolute atomic E-state index is 10.6. The van der Waals surface area contributed by atoms with Crippen molar-refractivity contribution in [3.63, 3.8) is 0 Å².